The van der Waals surface area contributed by atoms with Crippen LogP contribution in [0.3, 0.4) is 0 Å². The summed E-state index contributed by atoms with van der Waals surface area (Å²) >= 11 is 1.73. The van der Waals surface area contributed by atoms with Gasteiger partial charge >= 0.3 is 0 Å². The summed E-state index contributed by atoms with van der Waals surface area (Å²) in [7, 11) is 0. The van der Waals surface area contributed by atoms with Crippen LogP contribution in [-0.2, 0) is 13.0 Å². The summed E-state index contributed by atoms with van der Waals surface area (Å²) in [6, 6.07) is 8.06. The summed E-state index contributed by atoms with van der Waals surface area (Å²) in [5.74, 6) is 1.90. The first-order chi connectivity index (χ1) is 11.3. The standard InChI is InChI=1S/C17H23N3O2S/c21-14-6-9-20(10-7-14)17(19-13-16-4-2-12-23-16)18-8-5-15-3-1-11-22-15/h1-4,11-12,14,21H,5-10,13H2,(H,18,19). The van der Waals surface area contributed by atoms with E-state index in [1.807, 2.05) is 12.1 Å². The van der Waals surface area contributed by atoms with Crippen molar-refractivity contribution in [3.8, 4) is 0 Å². The van der Waals surface area contributed by atoms with Crippen molar-refractivity contribution in [2.45, 2.75) is 31.9 Å². The minimum absolute atomic E-state index is 0.173. The molecule has 0 unspecified atom stereocenters. The third-order valence-electron chi connectivity index (χ3n) is 3.96. The van der Waals surface area contributed by atoms with Gasteiger partial charge in [0, 0.05) is 30.9 Å². The normalized spacial score (nSPS) is 16.7. The van der Waals surface area contributed by atoms with E-state index in [1.165, 1.54) is 4.88 Å². The van der Waals surface area contributed by atoms with Gasteiger partial charge in [-0.05, 0) is 36.4 Å². The van der Waals surface area contributed by atoms with Gasteiger partial charge in [0.1, 0.15) is 5.76 Å². The predicted octanol–water partition coefficient (Wildman–Crippen LogP) is 2.49. The van der Waals surface area contributed by atoms with E-state index in [4.69, 9.17) is 9.41 Å². The van der Waals surface area contributed by atoms with Gasteiger partial charge in [0.05, 0.1) is 18.9 Å². The van der Waals surface area contributed by atoms with Crippen LogP contribution in [0.1, 0.15) is 23.5 Å². The van der Waals surface area contributed by atoms with Crippen LogP contribution in [0, 0.1) is 0 Å². The molecule has 3 rings (SSSR count). The Morgan fingerprint density at radius 2 is 2.22 bits per heavy atom. The fraction of sp³-hybridized carbons (Fsp3) is 0.471. The number of furan rings is 1. The lowest BCUT2D eigenvalue weighted by molar-refractivity contribution is 0.108. The number of likely N-dealkylation sites (tertiary alicyclic amines) is 1. The van der Waals surface area contributed by atoms with Gasteiger partial charge in [0.15, 0.2) is 5.96 Å². The molecule has 0 atom stereocenters. The van der Waals surface area contributed by atoms with Gasteiger partial charge in [-0.2, -0.15) is 0 Å². The number of guanidine groups is 1. The van der Waals surface area contributed by atoms with Crippen LogP contribution < -0.4 is 5.32 Å². The molecule has 0 amide bonds. The zero-order valence-electron chi connectivity index (χ0n) is 13.1. The van der Waals surface area contributed by atoms with Crippen LogP contribution in [0.5, 0.6) is 0 Å². The lowest BCUT2D eigenvalue weighted by Gasteiger charge is -2.32. The zero-order valence-corrected chi connectivity index (χ0v) is 14.0. The maximum atomic E-state index is 9.69. The summed E-state index contributed by atoms with van der Waals surface area (Å²) in [5.41, 5.74) is 0. The number of hydrogen-bond donors (Lipinski definition) is 2. The van der Waals surface area contributed by atoms with Gasteiger partial charge in [-0.15, -0.1) is 11.3 Å². The Hall–Kier alpha value is -1.79. The molecule has 0 radical (unpaired) electrons. The molecule has 1 fully saturated rings. The molecule has 1 aliphatic rings. The Labute approximate surface area is 140 Å². The number of piperidine rings is 1. The second kappa shape index (κ2) is 8.17. The Morgan fingerprint density at radius 1 is 1.35 bits per heavy atom. The fourth-order valence-electron chi connectivity index (χ4n) is 2.65. The summed E-state index contributed by atoms with van der Waals surface area (Å²) in [6.45, 7) is 3.17. The molecule has 1 aliphatic heterocycles. The van der Waals surface area contributed by atoms with E-state index in [9.17, 15) is 5.11 Å². The molecule has 0 aromatic carbocycles. The smallest absolute Gasteiger partial charge is 0.194 e. The molecule has 23 heavy (non-hydrogen) atoms. The topological polar surface area (TPSA) is 61.0 Å². The van der Waals surface area contributed by atoms with Crippen LogP contribution in [-0.4, -0.2) is 41.7 Å². The quantitative estimate of drug-likeness (QED) is 0.652. The molecule has 2 aromatic heterocycles. The highest BCUT2D eigenvalue weighted by Crippen LogP contribution is 2.13. The number of nitrogens with zero attached hydrogens (tertiary/aromatic N) is 2. The Morgan fingerprint density at radius 3 is 2.91 bits per heavy atom. The first-order valence-corrected chi connectivity index (χ1v) is 8.95. The third-order valence-corrected chi connectivity index (χ3v) is 4.82. The van der Waals surface area contributed by atoms with Crippen molar-refractivity contribution in [3.63, 3.8) is 0 Å². The lowest BCUT2D eigenvalue weighted by atomic mass is 10.1. The molecule has 5 nitrogen and oxygen atoms in total. The molecule has 0 saturated carbocycles. The number of rotatable bonds is 5. The van der Waals surface area contributed by atoms with Crippen molar-refractivity contribution in [3.05, 3.63) is 46.5 Å². The molecule has 0 spiro atoms. The molecule has 1 saturated heterocycles. The van der Waals surface area contributed by atoms with E-state index < -0.39 is 0 Å². The van der Waals surface area contributed by atoms with Crippen molar-refractivity contribution in [2.75, 3.05) is 19.6 Å². The largest absolute Gasteiger partial charge is 0.469 e. The maximum absolute atomic E-state index is 9.69. The highest BCUT2D eigenvalue weighted by Gasteiger charge is 2.19. The van der Waals surface area contributed by atoms with Crippen molar-refractivity contribution in [1.82, 2.24) is 10.2 Å². The van der Waals surface area contributed by atoms with E-state index in [0.717, 1.165) is 50.6 Å². The molecule has 124 valence electrons. The SMILES string of the molecule is OC1CCN(C(=NCc2cccs2)NCCc2ccco2)CC1. The van der Waals surface area contributed by atoms with E-state index in [-0.39, 0.29) is 6.10 Å². The van der Waals surface area contributed by atoms with Gasteiger partial charge in [0.2, 0.25) is 0 Å². The number of thiophene rings is 1. The van der Waals surface area contributed by atoms with Crippen LogP contribution in [0.4, 0.5) is 0 Å². The highest BCUT2D eigenvalue weighted by molar-refractivity contribution is 7.09. The molecule has 2 N–H and O–H groups in total. The molecule has 6 heteroatoms. The van der Waals surface area contributed by atoms with Crippen LogP contribution in [0.25, 0.3) is 0 Å². The third kappa shape index (κ3) is 4.84. The van der Waals surface area contributed by atoms with Gasteiger partial charge in [0.25, 0.3) is 0 Å². The average Bonchev–Trinajstić information content (AvgIpc) is 3.25. The Kier molecular flexibility index (Phi) is 5.71. The summed E-state index contributed by atoms with van der Waals surface area (Å²) in [6.07, 6.45) is 3.97. The summed E-state index contributed by atoms with van der Waals surface area (Å²) in [5, 5.41) is 15.2. The first kappa shape index (κ1) is 16.1. The second-order valence-corrected chi connectivity index (χ2v) is 6.73. The molecule has 0 bridgehead atoms. The maximum Gasteiger partial charge on any atom is 0.194 e. The molecular formula is C17H23N3O2S. The van der Waals surface area contributed by atoms with Crippen molar-refractivity contribution >= 4 is 17.3 Å². The van der Waals surface area contributed by atoms with Crippen LogP contribution in [0.15, 0.2) is 45.3 Å². The minimum Gasteiger partial charge on any atom is -0.469 e. The second-order valence-electron chi connectivity index (χ2n) is 5.69. The van der Waals surface area contributed by atoms with E-state index in [0.29, 0.717) is 6.54 Å². The van der Waals surface area contributed by atoms with Gasteiger partial charge in [-0.3, -0.25) is 0 Å². The van der Waals surface area contributed by atoms with E-state index in [2.05, 4.69) is 27.7 Å². The summed E-state index contributed by atoms with van der Waals surface area (Å²) < 4.78 is 5.37. The number of nitrogens with one attached hydrogen (secondary N) is 1. The number of aliphatic imine (C=N–C) groups is 1. The fourth-order valence-corrected chi connectivity index (χ4v) is 3.28. The molecule has 3 heterocycles. The number of hydrogen-bond acceptors (Lipinski definition) is 4. The minimum atomic E-state index is -0.173. The van der Waals surface area contributed by atoms with Crippen LogP contribution in [0.2, 0.25) is 0 Å². The Bertz CT molecular complexity index is 587. The van der Waals surface area contributed by atoms with Crippen LogP contribution >= 0.6 is 11.3 Å². The average molecular weight is 333 g/mol. The lowest BCUT2D eigenvalue weighted by Crippen LogP contribution is -2.47. The summed E-state index contributed by atoms with van der Waals surface area (Å²) in [4.78, 5) is 8.26. The molecule has 2 aromatic rings. The number of aliphatic hydroxyl groups is 1. The van der Waals surface area contributed by atoms with E-state index in [1.54, 1.807) is 17.6 Å². The Balaban J connectivity index is 1.59. The molecule has 0 aliphatic carbocycles. The number of aliphatic hydroxyl groups excluding tert-OH is 1. The van der Waals surface area contributed by atoms with Gasteiger partial charge in [-0.1, -0.05) is 6.07 Å². The molecular weight excluding hydrogens is 310 g/mol. The predicted molar refractivity (Wildman–Crippen MR) is 92.7 cm³/mol. The first-order valence-electron chi connectivity index (χ1n) is 8.07. The van der Waals surface area contributed by atoms with Crippen molar-refractivity contribution in [2.24, 2.45) is 4.99 Å². The monoisotopic (exact) mass is 333 g/mol. The van der Waals surface area contributed by atoms with Crippen molar-refractivity contribution in [1.29, 1.82) is 0 Å². The van der Waals surface area contributed by atoms with Gasteiger partial charge in [-0.25, -0.2) is 4.99 Å². The zero-order chi connectivity index (χ0) is 15.9. The van der Waals surface area contributed by atoms with E-state index >= 15 is 0 Å². The van der Waals surface area contributed by atoms with Crippen molar-refractivity contribution < 1.29 is 9.52 Å². The highest BCUT2D eigenvalue weighted by atomic mass is 32.1. The van der Waals surface area contributed by atoms with Gasteiger partial charge < -0.3 is 19.7 Å².